The summed E-state index contributed by atoms with van der Waals surface area (Å²) in [6.45, 7) is 0. The van der Waals surface area contributed by atoms with Crippen molar-refractivity contribution in [2.24, 2.45) is 0 Å². The first-order valence-electron chi connectivity index (χ1n) is 4.91. The molecule has 2 amide bonds. The quantitative estimate of drug-likeness (QED) is 0.690. The molecule has 0 aliphatic rings. The average Bonchev–Trinajstić information content (AvgIpc) is 2.79. The van der Waals surface area contributed by atoms with E-state index in [0.717, 1.165) is 0 Å². The van der Waals surface area contributed by atoms with E-state index in [0.29, 0.717) is 12.1 Å². The summed E-state index contributed by atoms with van der Waals surface area (Å²) in [4.78, 5) is 28.6. The van der Waals surface area contributed by atoms with E-state index in [2.05, 4.69) is 20.6 Å². The van der Waals surface area contributed by atoms with E-state index < -0.39 is 0 Å². The molecule has 1 aromatic heterocycles. The van der Waals surface area contributed by atoms with Crippen LogP contribution in [0.3, 0.4) is 0 Å². The number of imidazole rings is 1. The molecule has 6 nitrogen and oxygen atoms in total. The van der Waals surface area contributed by atoms with Crippen LogP contribution in [0.5, 0.6) is 0 Å². The Kier molecular flexibility index (Phi) is 3.15. The zero-order valence-corrected chi connectivity index (χ0v) is 8.81. The van der Waals surface area contributed by atoms with Gasteiger partial charge in [-0.25, -0.2) is 4.98 Å². The Morgan fingerprint density at radius 3 is 2.76 bits per heavy atom. The highest BCUT2D eigenvalue weighted by Gasteiger charge is 2.13. The summed E-state index contributed by atoms with van der Waals surface area (Å²) in [5.41, 5.74) is 0.880. The molecule has 0 saturated heterocycles. The maximum absolute atomic E-state index is 11.8. The molecule has 0 radical (unpaired) electrons. The van der Waals surface area contributed by atoms with Gasteiger partial charge in [0.2, 0.25) is 6.41 Å². The van der Waals surface area contributed by atoms with Crippen molar-refractivity contribution in [2.75, 3.05) is 10.6 Å². The van der Waals surface area contributed by atoms with Gasteiger partial charge in [-0.05, 0) is 12.1 Å². The van der Waals surface area contributed by atoms with Gasteiger partial charge in [0.25, 0.3) is 5.91 Å². The molecule has 17 heavy (non-hydrogen) atoms. The molecule has 0 unspecified atom stereocenters. The molecule has 6 heteroatoms. The van der Waals surface area contributed by atoms with E-state index in [9.17, 15) is 9.59 Å². The standard InChI is InChI=1S/C11H10N4O2/c16-7-14-10-9(12-6-13-10)11(17)15-8-4-2-1-3-5-8/h1-7H,(H,12,13)(H,14,16)(H,15,17). The third-order valence-electron chi connectivity index (χ3n) is 2.09. The number of H-pyrrole nitrogens is 1. The Labute approximate surface area is 97.1 Å². The van der Waals surface area contributed by atoms with E-state index in [1.165, 1.54) is 6.33 Å². The second-order valence-corrected chi connectivity index (χ2v) is 3.21. The van der Waals surface area contributed by atoms with Crippen LogP contribution >= 0.6 is 0 Å². The molecule has 0 atom stereocenters. The van der Waals surface area contributed by atoms with Gasteiger partial charge in [-0.15, -0.1) is 0 Å². The smallest absolute Gasteiger partial charge is 0.275 e. The Balaban J connectivity index is 2.15. The number of hydrogen-bond acceptors (Lipinski definition) is 3. The second kappa shape index (κ2) is 4.93. The second-order valence-electron chi connectivity index (χ2n) is 3.21. The van der Waals surface area contributed by atoms with Gasteiger partial charge in [-0.3, -0.25) is 9.59 Å². The van der Waals surface area contributed by atoms with Crippen molar-refractivity contribution in [3.8, 4) is 0 Å². The lowest BCUT2D eigenvalue weighted by Gasteiger charge is -2.04. The summed E-state index contributed by atoms with van der Waals surface area (Å²) in [5.74, 6) is -0.161. The van der Waals surface area contributed by atoms with Crippen molar-refractivity contribution >= 4 is 23.8 Å². The number of benzene rings is 1. The Bertz CT molecular complexity index is 521. The summed E-state index contributed by atoms with van der Waals surface area (Å²) in [5, 5.41) is 5.02. The summed E-state index contributed by atoms with van der Waals surface area (Å²) < 4.78 is 0. The van der Waals surface area contributed by atoms with Crippen LogP contribution in [0.2, 0.25) is 0 Å². The van der Waals surface area contributed by atoms with E-state index in [-0.39, 0.29) is 17.4 Å². The topological polar surface area (TPSA) is 86.9 Å². The highest BCUT2D eigenvalue weighted by molar-refractivity contribution is 6.06. The van der Waals surface area contributed by atoms with Gasteiger partial charge in [0.15, 0.2) is 5.82 Å². The Hall–Kier alpha value is -2.63. The highest BCUT2D eigenvalue weighted by Crippen LogP contribution is 2.12. The number of hydrogen-bond donors (Lipinski definition) is 3. The molecule has 0 fully saturated rings. The summed E-state index contributed by atoms with van der Waals surface area (Å²) in [6.07, 6.45) is 1.81. The molecule has 1 aromatic carbocycles. The van der Waals surface area contributed by atoms with Crippen LogP contribution in [0.15, 0.2) is 36.7 Å². The Morgan fingerprint density at radius 1 is 1.29 bits per heavy atom. The average molecular weight is 230 g/mol. The minimum atomic E-state index is -0.363. The number of amides is 2. The number of rotatable bonds is 4. The lowest BCUT2D eigenvalue weighted by atomic mass is 10.3. The van der Waals surface area contributed by atoms with Gasteiger partial charge >= 0.3 is 0 Å². The predicted molar refractivity (Wildman–Crippen MR) is 62.7 cm³/mol. The lowest BCUT2D eigenvalue weighted by Crippen LogP contribution is -2.14. The van der Waals surface area contributed by atoms with Gasteiger partial charge in [0, 0.05) is 5.69 Å². The maximum Gasteiger partial charge on any atom is 0.275 e. The van der Waals surface area contributed by atoms with Crippen LogP contribution in [-0.2, 0) is 4.79 Å². The molecule has 0 spiro atoms. The largest absolute Gasteiger partial charge is 0.339 e. The number of aromatic nitrogens is 2. The molecule has 0 saturated carbocycles. The monoisotopic (exact) mass is 230 g/mol. The van der Waals surface area contributed by atoms with Crippen molar-refractivity contribution in [1.82, 2.24) is 9.97 Å². The fourth-order valence-electron chi connectivity index (χ4n) is 1.35. The number of carbonyl (C=O) groups is 2. The molecule has 0 aliphatic heterocycles. The van der Waals surface area contributed by atoms with Crippen LogP contribution in [-0.4, -0.2) is 22.3 Å². The van der Waals surface area contributed by atoms with Gasteiger partial charge in [0.05, 0.1) is 6.33 Å². The van der Waals surface area contributed by atoms with Crippen molar-refractivity contribution in [2.45, 2.75) is 0 Å². The van der Waals surface area contributed by atoms with Gasteiger partial charge in [-0.1, -0.05) is 18.2 Å². The van der Waals surface area contributed by atoms with Gasteiger partial charge < -0.3 is 15.6 Å². The molecule has 86 valence electrons. The third kappa shape index (κ3) is 2.49. The first-order chi connectivity index (χ1) is 8.31. The van der Waals surface area contributed by atoms with Crippen LogP contribution in [0.1, 0.15) is 10.5 Å². The molecule has 1 heterocycles. The lowest BCUT2D eigenvalue weighted by molar-refractivity contribution is -0.105. The van der Waals surface area contributed by atoms with Crippen LogP contribution < -0.4 is 10.6 Å². The molecule has 2 aromatic rings. The molecule has 2 rings (SSSR count). The predicted octanol–water partition coefficient (Wildman–Crippen LogP) is 1.23. The molecule has 3 N–H and O–H groups in total. The summed E-state index contributed by atoms with van der Waals surface area (Å²) >= 11 is 0. The fraction of sp³-hybridized carbons (Fsp3) is 0. The van der Waals surface area contributed by atoms with E-state index in [1.54, 1.807) is 12.1 Å². The number of carbonyl (C=O) groups excluding carboxylic acids is 2. The normalized spacial score (nSPS) is 9.65. The molecular formula is C11H10N4O2. The van der Waals surface area contributed by atoms with E-state index >= 15 is 0 Å². The third-order valence-corrected chi connectivity index (χ3v) is 2.09. The van der Waals surface area contributed by atoms with E-state index in [4.69, 9.17) is 0 Å². The molecular weight excluding hydrogens is 220 g/mol. The van der Waals surface area contributed by atoms with Gasteiger partial charge in [-0.2, -0.15) is 0 Å². The number of aromatic amines is 1. The maximum atomic E-state index is 11.8. The van der Waals surface area contributed by atoms with Crippen molar-refractivity contribution in [1.29, 1.82) is 0 Å². The highest BCUT2D eigenvalue weighted by atomic mass is 16.2. The summed E-state index contributed by atoms with van der Waals surface area (Å²) in [7, 11) is 0. The van der Waals surface area contributed by atoms with Crippen molar-refractivity contribution in [3.63, 3.8) is 0 Å². The van der Waals surface area contributed by atoms with Crippen molar-refractivity contribution < 1.29 is 9.59 Å². The van der Waals surface area contributed by atoms with E-state index in [1.807, 2.05) is 18.2 Å². The minimum Gasteiger partial charge on any atom is -0.339 e. The van der Waals surface area contributed by atoms with Crippen LogP contribution in [0.25, 0.3) is 0 Å². The zero-order valence-electron chi connectivity index (χ0n) is 8.81. The first-order valence-corrected chi connectivity index (χ1v) is 4.91. The number of anilines is 2. The van der Waals surface area contributed by atoms with Crippen molar-refractivity contribution in [3.05, 3.63) is 42.4 Å². The SMILES string of the molecule is O=CNc1nc[nH]c1C(=O)Nc1ccccc1. The number of nitrogens with zero attached hydrogens (tertiary/aromatic N) is 1. The first kappa shape index (κ1) is 10.9. The molecule has 0 bridgehead atoms. The Morgan fingerprint density at radius 2 is 2.06 bits per heavy atom. The fourth-order valence-corrected chi connectivity index (χ4v) is 1.35. The number of para-hydroxylation sites is 1. The summed E-state index contributed by atoms with van der Waals surface area (Å²) in [6, 6.07) is 9.01. The van der Waals surface area contributed by atoms with Crippen LogP contribution in [0.4, 0.5) is 11.5 Å². The minimum absolute atomic E-state index is 0.202. The zero-order chi connectivity index (χ0) is 12.1. The number of nitrogens with one attached hydrogen (secondary N) is 3. The van der Waals surface area contributed by atoms with Crippen LogP contribution in [0, 0.1) is 0 Å². The van der Waals surface area contributed by atoms with Gasteiger partial charge in [0.1, 0.15) is 5.69 Å². The molecule has 0 aliphatic carbocycles.